The van der Waals surface area contributed by atoms with Crippen LogP contribution in [0.15, 0.2) is 30.3 Å². The lowest BCUT2D eigenvalue weighted by molar-refractivity contribution is -0.138. The fourth-order valence-electron chi connectivity index (χ4n) is 4.58. The van der Waals surface area contributed by atoms with Crippen LogP contribution < -0.4 is 10.6 Å². The maximum atomic E-state index is 13.2. The van der Waals surface area contributed by atoms with E-state index < -0.39 is 6.04 Å². The predicted molar refractivity (Wildman–Crippen MR) is 116 cm³/mol. The molecule has 4 atom stereocenters. The normalized spacial score (nSPS) is 24.0. The van der Waals surface area contributed by atoms with Crippen LogP contribution in [0.1, 0.15) is 38.7 Å². The molecule has 1 aromatic carbocycles. The third-order valence-electron chi connectivity index (χ3n) is 6.64. The lowest BCUT2D eigenvalue weighted by Crippen LogP contribution is -2.56. The molecule has 2 heterocycles. The van der Waals surface area contributed by atoms with Gasteiger partial charge in [0, 0.05) is 25.7 Å². The van der Waals surface area contributed by atoms with Gasteiger partial charge in [-0.05, 0) is 57.7 Å². The van der Waals surface area contributed by atoms with Crippen LogP contribution in [0, 0.1) is 5.92 Å². The van der Waals surface area contributed by atoms with Crippen LogP contribution in [0.2, 0.25) is 0 Å². The number of likely N-dealkylation sites (tertiary alicyclic amines) is 2. The number of nitrogens with one attached hydrogen (secondary N) is 2. The van der Waals surface area contributed by atoms with Crippen molar-refractivity contribution in [2.75, 3.05) is 33.2 Å². The van der Waals surface area contributed by atoms with Crippen LogP contribution in [0.5, 0.6) is 0 Å². The number of benzene rings is 1. The largest absolute Gasteiger partial charge is 0.343 e. The summed E-state index contributed by atoms with van der Waals surface area (Å²) in [6.45, 7) is 7.68. The molecule has 160 valence electrons. The first kappa shape index (κ1) is 21.8. The van der Waals surface area contributed by atoms with E-state index in [1.165, 1.54) is 5.56 Å². The second-order valence-electron chi connectivity index (χ2n) is 8.45. The molecule has 2 amide bonds. The molecule has 3 rings (SSSR count). The Balaban J connectivity index is 1.58. The standard InChI is InChI=1S/C23H36N4O2/c1-4-20(25-22(28)17(2)24-3)23(29)27-15-12-19-11-14-26(16-21(19)27)13-10-18-8-6-5-7-9-18/h5-9,17,19-21,24H,4,10-16H2,1-3H3,(H,25,28)/t17?,19-,20+,21-/m1/s1. The third kappa shape index (κ3) is 5.37. The van der Waals surface area contributed by atoms with Gasteiger partial charge in [-0.25, -0.2) is 0 Å². The minimum absolute atomic E-state index is 0.0848. The van der Waals surface area contributed by atoms with E-state index in [9.17, 15) is 9.59 Å². The number of hydrogen-bond acceptors (Lipinski definition) is 4. The Bertz CT molecular complexity index is 681. The highest BCUT2D eigenvalue weighted by atomic mass is 16.2. The van der Waals surface area contributed by atoms with Gasteiger partial charge in [0.15, 0.2) is 0 Å². The van der Waals surface area contributed by atoms with Crippen molar-refractivity contribution in [3.63, 3.8) is 0 Å². The number of carbonyl (C=O) groups is 2. The summed E-state index contributed by atoms with van der Waals surface area (Å²) >= 11 is 0. The van der Waals surface area contributed by atoms with Crippen molar-refractivity contribution in [3.05, 3.63) is 35.9 Å². The number of fused-ring (bicyclic) bond motifs is 1. The summed E-state index contributed by atoms with van der Waals surface area (Å²) in [4.78, 5) is 30.1. The molecule has 0 saturated carbocycles. The second-order valence-corrected chi connectivity index (χ2v) is 8.45. The summed E-state index contributed by atoms with van der Waals surface area (Å²) in [7, 11) is 1.75. The van der Waals surface area contributed by atoms with Crippen LogP contribution in [0.3, 0.4) is 0 Å². The Morgan fingerprint density at radius 3 is 2.59 bits per heavy atom. The molecule has 1 aromatic rings. The fourth-order valence-corrected chi connectivity index (χ4v) is 4.58. The lowest BCUT2D eigenvalue weighted by Gasteiger charge is -2.39. The van der Waals surface area contributed by atoms with Gasteiger partial charge in [-0.3, -0.25) is 9.59 Å². The van der Waals surface area contributed by atoms with E-state index in [0.717, 1.165) is 45.4 Å². The minimum atomic E-state index is -0.434. The highest BCUT2D eigenvalue weighted by Gasteiger charge is 2.42. The van der Waals surface area contributed by atoms with Crippen molar-refractivity contribution in [3.8, 4) is 0 Å². The molecule has 1 unspecified atom stereocenters. The summed E-state index contributed by atoms with van der Waals surface area (Å²) in [5.41, 5.74) is 1.36. The monoisotopic (exact) mass is 400 g/mol. The van der Waals surface area contributed by atoms with Crippen LogP contribution in [0.4, 0.5) is 0 Å². The van der Waals surface area contributed by atoms with Gasteiger partial charge >= 0.3 is 0 Å². The molecule has 2 fully saturated rings. The van der Waals surface area contributed by atoms with E-state index in [1.807, 2.05) is 13.8 Å². The highest BCUT2D eigenvalue weighted by molar-refractivity contribution is 5.89. The van der Waals surface area contributed by atoms with Gasteiger partial charge in [-0.2, -0.15) is 0 Å². The van der Waals surface area contributed by atoms with E-state index in [4.69, 9.17) is 0 Å². The van der Waals surface area contributed by atoms with Gasteiger partial charge in [0.05, 0.1) is 6.04 Å². The Labute approximate surface area is 175 Å². The summed E-state index contributed by atoms with van der Waals surface area (Å²) < 4.78 is 0. The van der Waals surface area contributed by atoms with E-state index in [-0.39, 0.29) is 23.9 Å². The molecular weight excluding hydrogens is 364 g/mol. The van der Waals surface area contributed by atoms with Gasteiger partial charge in [0.25, 0.3) is 0 Å². The molecule has 2 N–H and O–H groups in total. The van der Waals surface area contributed by atoms with Gasteiger partial charge in [0.1, 0.15) is 6.04 Å². The maximum absolute atomic E-state index is 13.2. The van der Waals surface area contributed by atoms with Crippen LogP contribution >= 0.6 is 0 Å². The molecule has 6 nitrogen and oxygen atoms in total. The van der Waals surface area contributed by atoms with E-state index in [2.05, 4.69) is 50.8 Å². The summed E-state index contributed by atoms with van der Waals surface area (Å²) in [6, 6.07) is 10.1. The average Bonchev–Trinajstić information content (AvgIpc) is 3.18. The molecule has 0 aromatic heterocycles. The van der Waals surface area contributed by atoms with Crippen molar-refractivity contribution in [2.24, 2.45) is 5.92 Å². The molecule has 0 bridgehead atoms. The zero-order chi connectivity index (χ0) is 20.8. The van der Waals surface area contributed by atoms with Crippen LogP contribution in [-0.4, -0.2) is 73.0 Å². The van der Waals surface area contributed by atoms with Gasteiger partial charge in [0.2, 0.25) is 11.8 Å². The van der Waals surface area contributed by atoms with Crippen molar-refractivity contribution in [1.29, 1.82) is 0 Å². The summed E-state index contributed by atoms with van der Waals surface area (Å²) in [6.07, 6.45) is 3.90. The van der Waals surface area contributed by atoms with E-state index >= 15 is 0 Å². The first-order valence-electron chi connectivity index (χ1n) is 11.1. The average molecular weight is 401 g/mol. The Hall–Kier alpha value is -1.92. The molecule has 0 spiro atoms. The Kier molecular flexibility index (Phi) is 7.67. The first-order chi connectivity index (χ1) is 14.0. The van der Waals surface area contributed by atoms with Gasteiger partial charge < -0.3 is 20.4 Å². The van der Waals surface area contributed by atoms with E-state index in [0.29, 0.717) is 12.3 Å². The highest BCUT2D eigenvalue weighted by Crippen LogP contribution is 2.32. The second kappa shape index (κ2) is 10.2. The van der Waals surface area contributed by atoms with Crippen molar-refractivity contribution in [1.82, 2.24) is 20.4 Å². The quantitative estimate of drug-likeness (QED) is 0.697. The predicted octanol–water partition coefficient (Wildman–Crippen LogP) is 1.65. The van der Waals surface area contributed by atoms with Crippen molar-refractivity contribution in [2.45, 2.75) is 57.7 Å². The van der Waals surface area contributed by atoms with Gasteiger partial charge in [-0.15, -0.1) is 0 Å². The summed E-state index contributed by atoms with van der Waals surface area (Å²) in [5, 5.41) is 5.88. The Morgan fingerprint density at radius 1 is 1.17 bits per heavy atom. The topological polar surface area (TPSA) is 64.7 Å². The molecule has 0 radical (unpaired) electrons. The lowest BCUT2D eigenvalue weighted by atomic mass is 9.91. The van der Waals surface area contributed by atoms with E-state index in [1.54, 1.807) is 7.05 Å². The maximum Gasteiger partial charge on any atom is 0.245 e. The number of carbonyl (C=O) groups excluding carboxylic acids is 2. The molecule has 2 aliphatic rings. The zero-order valence-electron chi connectivity index (χ0n) is 18.1. The Morgan fingerprint density at radius 2 is 1.90 bits per heavy atom. The SMILES string of the molecule is CC[C@H](NC(=O)C(C)NC)C(=O)N1CC[C@H]2CCN(CCc3ccccc3)C[C@H]21. The number of likely N-dealkylation sites (N-methyl/N-ethyl adjacent to an activating group) is 1. The van der Waals surface area contributed by atoms with Crippen molar-refractivity contribution < 1.29 is 9.59 Å². The minimum Gasteiger partial charge on any atom is -0.343 e. The molecule has 0 aliphatic carbocycles. The van der Waals surface area contributed by atoms with Gasteiger partial charge in [-0.1, -0.05) is 37.3 Å². The molecular formula is C23H36N4O2. The molecule has 2 saturated heterocycles. The van der Waals surface area contributed by atoms with Crippen LogP contribution in [-0.2, 0) is 16.0 Å². The third-order valence-corrected chi connectivity index (χ3v) is 6.64. The first-order valence-corrected chi connectivity index (χ1v) is 11.1. The smallest absolute Gasteiger partial charge is 0.245 e. The number of piperidine rings is 1. The number of rotatable bonds is 8. The van der Waals surface area contributed by atoms with Crippen LogP contribution in [0.25, 0.3) is 0 Å². The summed E-state index contributed by atoms with van der Waals surface area (Å²) in [5.74, 6) is 0.564. The number of nitrogens with zero attached hydrogens (tertiary/aromatic N) is 2. The molecule has 2 aliphatic heterocycles. The van der Waals surface area contributed by atoms with Crippen molar-refractivity contribution >= 4 is 11.8 Å². The number of hydrogen-bond donors (Lipinski definition) is 2. The molecule has 6 heteroatoms. The number of amides is 2. The molecule has 29 heavy (non-hydrogen) atoms. The fraction of sp³-hybridized carbons (Fsp3) is 0.652. The zero-order valence-corrected chi connectivity index (χ0v) is 18.1.